The number of nitrogens with one attached hydrogen (secondary N) is 1. The van der Waals surface area contributed by atoms with Gasteiger partial charge >= 0.3 is 6.09 Å². The van der Waals surface area contributed by atoms with Crippen LogP contribution >= 0.6 is 0 Å². The van der Waals surface area contributed by atoms with Crippen LogP contribution in [0.3, 0.4) is 0 Å². The molecular weight excluding hydrogens is 362 g/mol. The maximum Gasteiger partial charge on any atom is 0.410 e. The largest absolute Gasteiger partial charge is 0.444 e. The van der Waals surface area contributed by atoms with Crippen LogP contribution in [-0.4, -0.2) is 53.9 Å². The van der Waals surface area contributed by atoms with Crippen LogP contribution in [0, 0.1) is 22.5 Å². The number of hydrogen-bond acceptors (Lipinski definition) is 6. The Morgan fingerprint density at radius 3 is 2.71 bits per heavy atom. The van der Waals surface area contributed by atoms with Gasteiger partial charge in [-0.1, -0.05) is 12.1 Å². The number of likely N-dealkylation sites (tertiary alicyclic amines) is 1. The topological polar surface area (TPSA) is 93.9 Å². The Morgan fingerprint density at radius 2 is 2.14 bits per heavy atom. The zero-order chi connectivity index (χ0) is 20.5. The lowest BCUT2D eigenvalue weighted by atomic mass is 9.74. The van der Waals surface area contributed by atoms with Crippen LogP contribution in [0.5, 0.6) is 0 Å². The molecule has 0 radical (unpaired) electrons. The zero-order valence-electron chi connectivity index (χ0n) is 17.0. The maximum absolute atomic E-state index is 12.4. The van der Waals surface area contributed by atoms with Crippen molar-refractivity contribution in [1.29, 1.82) is 0 Å². The van der Waals surface area contributed by atoms with Crippen LogP contribution in [0.1, 0.15) is 38.3 Å². The summed E-state index contributed by atoms with van der Waals surface area (Å²) in [6.45, 7) is 10.3. The van der Waals surface area contributed by atoms with Crippen molar-refractivity contribution in [3.8, 4) is 0 Å². The average Bonchev–Trinajstić information content (AvgIpc) is 2.57. The quantitative estimate of drug-likeness (QED) is 0.626. The van der Waals surface area contributed by atoms with Crippen LogP contribution in [-0.2, 0) is 16.0 Å². The van der Waals surface area contributed by atoms with Crippen LogP contribution in [0.15, 0.2) is 18.2 Å². The van der Waals surface area contributed by atoms with Crippen LogP contribution < -0.4 is 5.32 Å². The normalized spacial score (nSPS) is 21.3. The third-order valence-electron chi connectivity index (χ3n) is 5.39. The average molecular weight is 391 g/mol. The molecular formula is C20H29N3O5. The fourth-order valence-corrected chi connectivity index (χ4v) is 3.82. The summed E-state index contributed by atoms with van der Waals surface area (Å²) in [6.07, 6.45) is 0.502. The molecule has 3 rings (SSSR count). The number of piperidine rings is 1. The third-order valence-corrected chi connectivity index (χ3v) is 5.39. The van der Waals surface area contributed by atoms with E-state index in [2.05, 4.69) is 5.32 Å². The Balaban J connectivity index is 1.64. The van der Waals surface area contributed by atoms with Gasteiger partial charge in [-0.05, 0) is 39.7 Å². The molecule has 2 fully saturated rings. The van der Waals surface area contributed by atoms with E-state index >= 15 is 0 Å². The van der Waals surface area contributed by atoms with Crippen molar-refractivity contribution in [3.63, 3.8) is 0 Å². The molecule has 28 heavy (non-hydrogen) atoms. The van der Waals surface area contributed by atoms with Crippen molar-refractivity contribution >= 4 is 11.8 Å². The number of amides is 1. The number of nitro benzene ring substituents is 1. The summed E-state index contributed by atoms with van der Waals surface area (Å²) in [4.78, 5) is 25.0. The lowest BCUT2D eigenvalue weighted by Gasteiger charge is -2.53. The summed E-state index contributed by atoms with van der Waals surface area (Å²) in [6, 6.07) is 5.50. The molecule has 2 aliphatic rings. The van der Waals surface area contributed by atoms with Gasteiger partial charge in [0.15, 0.2) is 0 Å². The molecule has 2 saturated heterocycles. The van der Waals surface area contributed by atoms with Crippen molar-refractivity contribution in [2.24, 2.45) is 5.41 Å². The Kier molecular flexibility index (Phi) is 5.63. The number of benzene rings is 1. The second-order valence-electron chi connectivity index (χ2n) is 8.86. The molecule has 0 aromatic heterocycles. The van der Waals surface area contributed by atoms with Gasteiger partial charge in [-0.3, -0.25) is 10.1 Å². The Labute approximate surface area is 165 Å². The zero-order valence-corrected chi connectivity index (χ0v) is 17.0. The summed E-state index contributed by atoms with van der Waals surface area (Å²) in [5.74, 6) is 0. The summed E-state index contributed by atoms with van der Waals surface area (Å²) < 4.78 is 11.0. The van der Waals surface area contributed by atoms with Crippen molar-refractivity contribution < 1.29 is 19.2 Å². The van der Waals surface area contributed by atoms with E-state index in [9.17, 15) is 14.9 Å². The standard InChI is InChI=1S/C20H29N3O5/c1-14-5-6-15(9-16(14)23(25)26)10-21-17-7-8-22(11-20(17)12-27-13-20)18(24)28-19(2,3)4/h5-6,9,17,21H,7-8,10-13H2,1-4H3. The highest BCUT2D eigenvalue weighted by Gasteiger charge is 2.50. The van der Waals surface area contributed by atoms with Gasteiger partial charge in [0.1, 0.15) is 5.60 Å². The van der Waals surface area contributed by atoms with Gasteiger partial charge < -0.3 is 19.7 Å². The number of nitro groups is 1. The smallest absolute Gasteiger partial charge is 0.410 e. The minimum Gasteiger partial charge on any atom is -0.444 e. The molecule has 2 heterocycles. The van der Waals surface area contributed by atoms with Crippen molar-refractivity contribution in [1.82, 2.24) is 10.2 Å². The molecule has 1 aromatic carbocycles. The van der Waals surface area contributed by atoms with Crippen molar-refractivity contribution in [3.05, 3.63) is 39.4 Å². The number of carbonyl (C=O) groups excluding carboxylic acids is 1. The van der Waals surface area contributed by atoms with E-state index in [0.717, 1.165) is 12.0 Å². The third kappa shape index (κ3) is 4.44. The van der Waals surface area contributed by atoms with E-state index in [1.165, 1.54) is 0 Å². The van der Waals surface area contributed by atoms with E-state index in [1.807, 2.05) is 26.8 Å². The fourth-order valence-electron chi connectivity index (χ4n) is 3.82. The molecule has 1 atom stereocenters. The predicted octanol–water partition coefficient (Wildman–Crippen LogP) is 3.02. The lowest BCUT2D eigenvalue weighted by Crippen LogP contribution is -2.66. The Bertz CT molecular complexity index is 755. The molecule has 0 saturated carbocycles. The molecule has 2 aliphatic heterocycles. The molecule has 1 aromatic rings. The van der Waals surface area contributed by atoms with E-state index in [4.69, 9.17) is 9.47 Å². The van der Waals surface area contributed by atoms with E-state index < -0.39 is 5.60 Å². The molecule has 1 N–H and O–H groups in total. The second-order valence-corrected chi connectivity index (χ2v) is 8.86. The molecule has 1 unspecified atom stereocenters. The number of ether oxygens (including phenoxy) is 2. The van der Waals surface area contributed by atoms with Crippen LogP contribution in [0.25, 0.3) is 0 Å². The van der Waals surface area contributed by atoms with Gasteiger partial charge in [-0.15, -0.1) is 0 Å². The van der Waals surface area contributed by atoms with Gasteiger partial charge in [0, 0.05) is 37.3 Å². The minimum absolute atomic E-state index is 0.133. The first-order chi connectivity index (χ1) is 13.1. The van der Waals surface area contributed by atoms with Gasteiger partial charge in [-0.25, -0.2) is 4.79 Å². The Hall–Kier alpha value is -2.19. The van der Waals surface area contributed by atoms with Gasteiger partial charge in [0.05, 0.1) is 23.6 Å². The number of rotatable bonds is 4. The fraction of sp³-hybridized carbons (Fsp3) is 0.650. The predicted molar refractivity (Wildman–Crippen MR) is 104 cm³/mol. The van der Waals surface area contributed by atoms with Crippen molar-refractivity contribution in [2.45, 2.75) is 52.3 Å². The minimum atomic E-state index is -0.518. The number of nitrogens with zero attached hydrogens (tertiary/aromatic N) is 2. The highest BCUT2D eigenvalue weighted by molar-refractivity contribution is 5.68. The highest BCUT2D eigenvalue weighted by atomic mass is 16.6. The lowest BCUT2D eigenvalue weighted by molar-refractivity contribution is -0.385. The molecule has 8 heteroatoms. The highest BCUT2D eigenvalue weighted by Crippen LogP contribution is 2.38. The van der Waals surface area contributed by atoms with Crippen LogP contribution in [0.4, 0.5) is 10.5 Å². The first-order valence-electron chi connectivity index (χ1n) is 9.63. The van der Waals surface area contributed by atoms with E-state index in [-0.39, 0.29) is 28.2 Å². The first-order valence-corrected chi connectivity index (χ1v) is 9.63. The summed E-state index contributed by atoms with van der Waals surface area (Å²) >= 11 is 0. The molecule has 8 nitrogen and oxygen atoms in total. The summed E-state index contributed by atoms with van der Waals surface area (Å²) in [7, 11) is 0. The Morgan fingerprint density at radius 1 is 1.43 bits per heavy atom. The molecule has 0 aliphatic carbocycles. The molecule has 0 bridgehead atoms. The van der Waals surface area contributed by atoms with E-state index in [0.29, 0.717) is 38.4 Å². The first kappa shape index (κ1) is 20.5. The van der Waals surface area contributed by atoms with E-state index in [1.54, 1.807) is 24.0 Å². The van der Waals surface area contributed by atoms with Crippen LogP contribution in [0.2, 0.25) is 0 Å². The summed E-state index contributed by atoms with van der Waals surface area (Å²) in [5.41, 5.74) is 1.02. The summed E-state index contributed by atoms with van der Waals surface area (Å²) in [5, 5.41) is 14.7. The monoisotopic (exact) mass is 391 g/mol. The number of aryl methyl sites for hydroxylation is 1. The van der Waals surface area contributed by atoms with Gasteiger partial charge in [0.2, 0.25) is 0 Å². The number of carbonyl (C=O) groups is 1. The SMILES string of the molecule is Cc1ccc(CNC2CCN(C(=O)OC(C)(C)C)CC23COC3)cc1[N+](=O)[O-]. The molecule has 154 valence electrons. The molecule has 1 amide bonds. The maximum atomic E-state index is 12.4. The second kappa shape index (κ2) is 7.67. The van der Waals surface area contributed by atoms with Gasteiger partial charge in [0.25, 0.3) is 5.69 Å². The molecule has 1 spiro atoms. The number of hydrogen-bond donors (Lipinski definition) is 1. The van der Waals surface area contributed by atoms with Gasteiger partial charge in [-0.2, -0.15) is 0 Å². The van der Waals surface area contributed by atoms with Crippen molar-refractivity contribution in [2.75, 3.05) is 26.3 Å².